The second-order valence-electron chi connectivity index (χ2n) is 6.05. The topological polar surface area (TPSA) is 43.4 Å². The van der Waals surface area contributed by atoms with Crippen LogP contribution in [0.2, 0.25) is 0 Å². The van der Waals surface area contributed by atoms with Gasteiger partial charge in [-0.05, 0) is 38.5 Å². The molecule has 0 bridgehead atoms. The molecule has 0 N–H and O–H groups in total. The van der Waals surface area contributed by atoms with Crippen molar-refractivity contribution in [2.75, 3.05) is 7.11 Å². The molecule has 17 heavy (non-hydrogen) atoms. The monoisotopic (exact) mass is 238 g/mol. The van der Waals surface area contributed by atoms with Gasteiger partial charge in [0.1, 0.15) is 5.78 Å². The largest absolute Gasteiger partial charge is 0.469 e. The average molecular weight is 238 g/mol. The number of ether oxygens (including phenoxy) is 1. The van der Waals surface area contributed by atoms with Crippen LogP contribution in [0, 0.1) is 16.7 Å². The second-order valence-corrected chi connectivity index (χ2v) is 6.05. The van der Waals surface area contributed by atoms with E-state index in [1.165, 1.54) is 7.11 Å². The number of carbonyl (C=O) groups is 2. The molecule has 2 saturated carbocycles. The molecule has 0 saturated heterocycles. The number of Topliss-reactive ketones (excluding diaryl/α,β-unsaturated/α-hetero) is 1. The molecule has 0 aromatic rings. The van der Waals surface area contributed by atoms with Crippen LogP contribution in [0.1, 0.15) is 52.4 Å². The lowest BCUT2D eigenvalue weighted by Crippen LogP contribution is -2.53. The van der Waals surface area contributed by atoms with Crippen molar-refractivity contribution in [1.82, 2.24) is 0 Å². The van der Waals surface area contributed by atoms with Crippen molar-refractivity contribution in [2.24, 2.45) is 16.7 Å². The van der Waals surface area contributed by atoms with Crippen molar-refractivity contribution in [1.29, 1.82) is 0 Å². The van der Waals surface area contributed by atoms with Gasteiger partial charge in [-0.25, -0.2) is 0 Å². The summed E-state index contributed by atoms with van der Waals surface area (Å²) in [6.45, 7) is 4.04. The van der Waals surface area contributed by atoms with E-state index in [2.05, 4.69) is 6.92 Å². The summed E-state index contributed by atoms with van der Waals surface area (Å²) >= 11 is 0. The van der Waals surface area contributed by atoms with E-state index in [4.69, 9.17) is 4.74 Å². The van der Waals surface area contributed by atoms with Gasteiger partial charge in [0.25, 0.3) is 0 Å². The summed E-state index contributed by atoms with van der Waals surface area (Å²) in [7, 11) is 1.45. The van der Waals surface area contributed by atoms with Gasteiger partial charge in [0.2, 0.25) is 0 Å². The Bertz CT molecular complexity index is 349. The fourth-order valence-electron chi connectivity index (χ4n) is 4.08. The standard InChI is InChI=1S/C14H22O3/c1-13-8-5-9-14(2,12(16)17-3)10(13)6-4-7-11(13)15/h10H,4-9H2,1-3H3. The van der Waals surface area contributed by atoms with Crippen LogP contribution < -0.4 is 0 Å². The fourth-order valence-corrected chi connectivity index (χ4v) is 4.08. The van der Waals surface area contributed by atoms with Crippen molar-refractivity contribution < 1.29 is 14.3 Å². The Morgan fingerprint density at radius 2 is 2.00 bits per heavy atom. The van der Waals surface area contributed by atoms with Gasteiger partial charge in [0.05, 0.1) is 12.5 Å². The molecular formula is C14H22O3. The van der Waals surface area contributed by atoms with Crippen molar-refractivity contribution >= 4 is 11.8 Å². The summed E-state index contributed by atoms with van der Waals surface area (Å²) in [5, 5.41) is 0. The quantitative estimate of drug-likeness (QED) is 0.660. The SMILES string of the molecule is COC(=O)C1(C)CCCC2(C)C(=O)CCCC21. The van der Waals surface area contributed by atoms with E-state index in [1.807, 2.05) is 6.92 Å². The van der Waals surface area contributed by atoms with Gasteiger partial charge in [-0.2, -0.15) is 0 Å². The molecule has 3 heteroatoms. The highest BCUT2D eigenvalue weighted by molar-refractivity contribution is 5.87. The molecular weight excluding hydrogens is 216 g/mol. The maximum absolute atomic E-state index is 12.2. The Hall–Kier alpha value is -0.860. The summed E-state index contributed by atoms with van der Waals surface area (Å²) in [5.74, 6) is 0.379. The number of carbonyl (C=O) groups excluding carboxylic acids is 2. The minimum atomic E-state index is -0.460. The first-order chi connectivity index (χ1) is 7.95. The summed E-state index contributed by atoms with van der Waals surface area (Å²) in [4.78, 5) is 24.3. The van der Waals surface area contributed by atoms with E-state index >= 15 is 0 Å². The van der Waals surface area contributed by atoms with Crippen LogP contribution in [-0.4, -0.2) is 18.9 Å². The molecule has 3 nitrogen and oxygen atoms in total. The minimum absolute atomic E-state index is 0.136. The predicted molar refractivity (Wildman–Crippen MR) is 64.4 cm³/mol. The molecule has 0 aliphatic heterocycles. The van der Waals surface area contributed by atoms with Gasteiger partial charge in [0.15, 0.2) is 0 Å². The molecule has 2 aliphatic carbocycles. The molecule has 0 heterocycles. The highest BCUT2D eigenvalue weighted by Crippen LogP contribution is 2.56. The van der Waals surface area contributed by atoms with E-state index in [0.717, 1.165) is 32.1 Å². The van der Waals surface area contributed by atoms with E-state index < -0.39 is 5.41 Å². The maximum Gasteiger partial charge on any atom is 0.311 e. The molecule has 0 spiro atoms. The molecule has 3 atom stereocenters. The number of rotatable bonds is 1. The predicted octanol–water partition coefficient (Wildman–Crippen LogP) is 2.73. The summed E-state index contributed by atoms with van der Waals surface area (Å²) in [6, 6.07) is 0. The van der Waals surface area contributed by atoms with Gasteiger partial charge in [-0.3, -0.25) is 9.59 Å². The number of esters is 1. The van der Waals surface area contributed by atoms with Crippen molar-refractivity contribution in [2.45, 2.75) is 52.4 Å². The number of hydrogen-bond acceptors (Lipinski definition) is 3. The van der Waals surface area contributed by atoms with Crippen LogP contribution in [0.3, 0.4) is 0 Å². The molecule has 0 aromatic heterocycles. The third-order valence-corrected chi connectivity index (χ3v) is 5.12. The lowest BCUT2D eigenvalue weighted by atomic mass is 9.50. The summed E-state index contributed by atoms with van der Waals surface area (Å²) < 4.78 is 4.97. The first kappa shape index (κ1) is 12.6. The number of fused-ring (bicyclic) bond motifs is 1. The van der Waals surface area contributed by atoms with Crippen LogP contribution in [0.25, 0.3) is 0 Å². The molecule has 0 amide bonds. The van der Waals surface area contributed by atoms with Crippen LogP contribution in [-0.2, 0) is 14.3 Å². The van der Waals surface area contributed by atoms with E-state index in [-0.39, 0.29) is 17.3 Å². The minimum Gasteiger partial charge on any atom is -0.469 e. The lowest BCUT2D eigenvalue weighted by Gasteiger charge is -2.52. The van der Waals surface area contributed by atoms with E-state index in [9.17, 15) is 9.59 Å². The Morgan fingerprint density at radius 1 is 1.29 bits per heavy atom. The smallest absolute Gasteiger partial charge is 0.311 e. The Balaban J connectivity index is 2.37. The van der Waals surface area contributed by atoms with E-state index in [0.29, 0.717) is 12.2 Å². The number of hydrogen-bond donors (Lipinski definition) is 0. The highest BCUT2D eigenvalue weighted by atomic mass is 16.5. The van der Waals surface area contributed by atoms with Crippen molar-refractivity contribution in [3.05, 3.63) is 0 Å². The third kappa shape index (κ3) is 1.71. The zero-order valence-corrected chi connectivity index (χ0v) is 11.0. The molecule has 3 unspecified atom stereocenters. The van der Waals surface area contributed by atoms with Gasteiger partial charge in [-0.15, -0.1) is 0 Å². The van der Waals surface area contributed by atoms with Crippen LogP contribution in [0.15, 0.2) is 0 Å². The number of ketones is 1. The van der Waals surface area contributed by atoms with Crippen LogP contribution in [0.4, 0.5) is 0 Å². The van der Waals surface area contributed by atoms with Crippen molar-refractivity contribution in [3.63, 3.8) is 0 Å². The zero-order valence-electron chi connectivity index (χ0n) is 11.0. The number of methoxy groups -OCH3 is 1. The normalized spacial score (nSPS) is 41.8. The van der Waals surface area contributed by atoms with Gasteiger partial charge < -0.3 is 4.74 Å². The fraction of sp³-hybridized carbons (Fsp3) is 0.857. The van der Waals surface area contributed by atoms with Crippen molar-refractivity contribution in [3.8, 4) is 0 Å². The van der Waals surface area contributed by atoms with Gasteiger partial charge in [-0.1, -0.05) is 13.3 Å². The van der Waals surface area contributed by atoms with Gasteiger partial charge in [0, 0.05) is 11.8 Å². The summed E-state index contributed by atoms with van der Waals surface area (Å²) in [6.07, 6.45) is 5.32. The first-order valence-electron chi connectivity index (χ1n) is 6.57. The third-order valence-electron chi connectivity index (χ3n) is 5.12. The highest BCUT2D eigenvalue weighted by Gasteiger charge is 2.57. The molecule has 0 radical (unpaired) electrons. The Labute approximate surface area is 103 Å². The molecule has 2 aliphatic rings. The Kier molecular flexibility index (Phi) is 3.04. The molecule has 0 aromatic carbocycles. The van der Waals surface area contributed by atoms with Gasteiger partial charge >= 0.3 is 5.97 Å². The molecule has 2 fully saturated rings. The van der Waals surface area contributed by atoms with Crippen LogP contribution >= 0.6 is 0 Å². The zero-order chi connectivity index (χ0) is 12.7. The molecule has 2 rings (SSSR count). The second kappa shape index (κ2) is 4.11. The average Bonchev–Trinajstić information content (AvgIpc) is 2.30. The lowest BCUT2D eigenvalue weighted by molar-refractivity contribution is -0.168. The van der Waals surface area contributed by atoms with Crippen LogP contribution in [0.5, 0.6) is 0 Å². The Morgan fingerprint density at radius 3 is 2.65 bits per heavy atom. The maximum atomic E-state index is 12.2. The first-order valence-corrected chi connectivity index (χ1v) is 6.57. The van der Waals surface area contributed by atoms with E-state index in [1.54, 1.807) is 0 Å². The summed E-state index contributed by atoms with van der Waals surface area (Å²) in [5.41, 5.74) is -0.753. The molecule has 96 valence electrons.